The van der Waals surface area contributed by atoms with E-state index in [4.69, 9.17) is 9.47 Å². The Morgan fingerprint density at radius 3 is 2.52 bits per heavy atom. The lowest BCUT2D eigenvalue weighted by Gasteiger charge is -2.17. The number of thioether (sulfide) groups is 1. The van der Waals surface area contributed by atoms with Gasteiger partial charge in [0, 0.05) is 0 Å². The second-order valence-corrected chi connectivity index (χ2v) is 7.74. The molecule has 162 valence electrons. The van der Waals surface area contributed by atoms with E-state index in [-0.39, 0.29) is 17.7 Å². The van der Waals surface area contributed by atoms with Gasteiger partial charge in [-0.3, -0.25) is 14.5 Å². The highest BCUT2D eigenvalue weighted by atomic mass is 32.2. The van der Waals surface area contributed by atoms with Crippen LogP contribution < -0.4 is 9.47 Å². The summed E-state index contributed by atoms with van der Waals surface area (Å²) < 4.78 is 11.2. The maximum atomic E-state index is 12.8. The largest absolute Gasteiger partial charge is 0.490 e. The Bertz CT molecular complexity index is 1000. The number of hydrogen-bond acceptors (Lipinski definition) is 6. The standard InChI is InChI=1S/C23H23NO6S/c1-3-17(22(26)27)30-18-11-10-16(12-19(18)29-4-2)13-20-21(25)24(23(28)31-20)14-15-8-6-5-7-9-15/h5-13,17H,3-4,14H2,1-2H3,(H,26,27)/b20-13+. The Morgan fingerprint density at radius 1 is 1.13 bits per heavy atom. The summed E-state index contributed by atoms with van der Waals surface area (Å²) in [5, 5.41) is 8.91. The number of carbonyl (C=O) groups excluding carboxylic acids is 2. The Labute approximate surface area is 184 Å². The van der Waals surface area contributed by atoms with Gasteiger partial charge in [-0.25, -0.2) is 4.79 Å². The zero-order chi connectivity index (χ0) is 22.4. The van der Waals surface area contributed by atoms with Crippen LogP contribution in [0.5, 0.6) is 11.5 Å². The van der Waals surface area contributed by atoms with Gasteiger partial charge < -0.3 is 14.6 Å². The summed E-state index contributed by atoms with van der Waals surface area (Å²) in [4.78, 5) is 37.9. The van der Waals surface area contributed by atoms with Crippen LogP contribution in [0.4, 0.5) is 4.79 Å². The van der Waals surface area contributed by atoms with Crippen LogP contribution in [0, 0.1) is 0 Å². The molecule has 8 heteroatoms. The van der Waals surface area contributed by atoms with Crippen molar-refractivity contribution in [1.82, 2.24) is 4.90 Å². The van der Waals surface area contributed by atoms with Gasteiger partial charge in [0.25, 0.3) is 11.1 Å². The van der Waals surface area contributed by atoms with Gasteiger partial charge in [-0.05, 0) is 54.4 Å². The molecule has 2 aromatic carbocycles. The van der Waals surface area contributed by atoms with Crippen molar-refractivity contribution in [1.29, 1.82) is 0 Å². The number of carbonyl (C=O) groups is 3. The highest BCUT2D eigenvalue weighted by Crippen LogP contribution is 2.35. The van der Waals surface area contributed by atoms with E-state index in [1.807, 2.05) is 30.3 Å². The molecule has 0 bridgehead atoms. The molecule has 1 N–H and O–H groups in total. The Balaban J connectivity index is 1.82. The fourth-order valence-corrected chi connectivity index (χ4v) is 3.83. The Morgan fingerprint density at radius 2 is 1.87 bits per heavy atom. The lowest BCUT2D eigenvalue weighted by atomic mass is 10.1. The maximum absolute atomic E-state index is 12.8. The minimum Gasteiger partial charge on any atom is -0.490 e. The lowest BCUT2D eigenvalue weighted by Crippen LogP contribution is -2.27. The number of ether oxygens (including phenoxy) is 2. The van der Waals surface area contributed by atoms with Gasteiger partial charge >= 0.3 is 5.97 Å². The highest BCUT2D eigenvalue weighted by molar-refractivity contribution is 8.18. The average Bonchev–Trinajstić information content (AvgIpc) is 3.01. The summed E-state index contributed by atoms with van der Waals surface area (Å²) in [7, 11) is 0. The second kappa shape index (κ2) is 10.2. The zero-order valence-electron chi connectivity index (χ0n) is 17.2. The molecule has 1 atom stereocenters. The summed E-state index contributed by atoms with van der Waals surface area (Å²) in [5.41, 5.74) is 1.51. The first-order valence-electron chi connectivity index (χ1n) is 9.88. The van der Waals surface area contributed by atoms with E-state index < -0.39 is 12.1 Å². The summed E-state index contributed by atoms with van der Waals surface area (Å²) >= 11 is 0.886. The van der Waals surface area contributed by atoms with Crippen molar-refractivity contribution < 1.29 is 29.0 Å². The van der Waals surface area contributed by atoms with Gasteiger partial charge in [0.2, 0.25) is 0 Å². The topological polar surface area (TPSA) is 93.1 Å². The van der Waals surface area contributed by atoms with Gasteiger partial charge in [0.05, 0.1) is 18.1 Å². The van der Waals surface area contributed by atoms with Crippen LogP contribution in [0.15, 0.2) is 53.4 Å². The predicted octanol–water partition coefficient (Wildman–Crippen LogP) is 4.56. The molecule has 0 aromatic heterocycles. The van der Waals surface area contributed by atoms with Crippen molar-refractivity contribution in [2.24, 2.45) is 0 Å². The zero-order valence-corrected chi connectivity index (χ0v) is 18.1. The molecule has 2 amide bonds. The fraction of sp³-hybridized carbons (Fsp3) is 0.261. The normalized spacial score (nSPS) is 15.9. The van der Waals surface area contributed by atoms with Gasteiger partial charge in [-0.1, -0.05) is 43.3 Å². The summed E-state index contributed by atoms with van der Waals surface area (Å²) in [6.45, 7) is 4.10. The van der Waals surface area contributed by atoms with Crippen LogP contribution in [0.25, 0.3) is 6.08 Å². The number of rotatable bonds is 9. The van der Waals surface area contributed by atoms with Crippen molar-refractivity contribution in [3.05, 3.63) is 64.6 Å². The van der Waals surface area contributed by atoms with Crippen molar-refractivity contribution in [3.63, 3.8) is 0 Å². The molecule has 0 radical (unpaired) electrons. The van der Waals surface area contributed by atoms with E-state index in [9.17, 15) is 19.5 Å². The van der Waals surface area contributed by atoms with Crippen LogP contribution in [-0.4, -0.2) is 39.8 Å². The van der Waals surface area contributed by atoms with E-state index >= 15 is 0 Å². The molecule has 0 aliphatic carbocycles. The predicted molar refractivity (Wildman–Crippen MR) is 118 cm³/mol. The summed E-state index contributed by atoms with van der Waals surface area (Å²) in [5.74, 6) is -0.722. The van der Waals surface area contributed by atoms with Gasteiger partial charge in [0.1, 0.15) is 0 Å². The van der Waals surface area contributed by atoms with Gasteiger partial charge in [-0.2, -0.15) is 0 Å². The third-order valence-corrected chi connectivity index (χ3v) is 5.45. The maximum Gasteiger partial charge on any atom is 0.344 e. The number of carboxylic acids is 1. The fourth-order valence-electron chi connectivity index (χ4n) is 3.00. The molecule has 2 aromatic rings. The summed E-state index contributed by atoms with van der Waals surface area (Å²) in [6.07, 6.45) is 0.938. The minimum absolute atomic E-state index is 0.216. The number of imide groups is 1. The van der Waals surface area contributed by atoms with Crippen molar-refractivity contribution >= 4 is 35.0 Å². The third-order valence-electron chi connectivity index (χ3n) is 4.54. The Hall–Kier alpha value is -3.26. The molecule has 0 saturated carbocycles. The van der Waals surface area contributed by atoms with Crippen molar-refractivity contribution in [3.8, 4) is 11.5 Å². The monoisotopic (exact) mass is 441 g/mol. The number of carboxylic acid groups (broad SMARTS) is 1. The first-order chi connectivity index (χ1) is 14.9. The number of nitrogens with zero attached hydrogens (tertiary/aromatic N) is 1. The lowest BCUT2D eigenvalue weighted by molar-refractivity contribution is -0.145. The van der Waals surface area contributed by atoms with E-state index in [1.165, 1.54) is 4.90 Å². The molecule has 1 saturated heterocycles. The van der Waals surface area contributed by atoms with Crippen LogP contribution in [0.1, 0.15) is 31.4 Å². The molecule has 31 heavy (non-hydrogen) atoms. The van der Waals surface area contributed by atoms with Crippen LogP contribution in [0.3, 0.4) is 0 Å². The number of hydrogen-bond donors (Lipinski definition) is 1. The molecule has 0 spiro atoms. The van der Waals surface area contributed by atoms with Gasteiger partial charge in [-0.15, -0.1) is 0 Å². The number of aliphatic carboxylic acids is 1. The quantitative estimate of drug-likeness (QED) is 0.570. The summed E-state index contributed by atoms with van der Waals surface area (Å²) in [6, 6.07) is 14.3. The smallest absolute Gasteiger partial charge is 0.344 e. The molecule has 1 aliphatic rings. The third kappa shape index (κ3) is 5.46. The van der Waals surface area contributed by atoms with Crippen LogP contribution >= 0.6 is 11.8 Å². The van der Waals surface area contributed by atoms with E-state index in [0.717, 1.165) is 17.3 Å². The van der Waals surface area contributed by atoms with Crippen LogP contribution in [0.2, 0.25) is 0 Å². The average molecular weight is 442 g/mol. The van der Waals surface area contributed by atoms with Crippen LogP contribution in [-0.2, 0) is 16.1 Å². The molecule has 1 heterocycles. The molecule has 3 rings (SSSR count). The highest BCUT2D eigenvalue weighted by Gasteiger charge is 2.35. The number of amides is 2. The minimum atomic E-state index is -1.05. The number of benzene rings is 2. The molecular weight excluding hydrogens is 418 g/mol. The van der Waals surface area contributed by atoms with E-state index in [0.29, 0.717) is 35.0 Å². The molecule has 1 aliphatic heterocycles. The molecule has 1 fully saturated rings. The second-order valence-electron chi connectivity index (χ2n) is 6.75. The van der Waals surface area contributed by atoms with Crippen molar-refractivity contribution in [2.45, 2.75) is 32.9 Å². The Kier molecular flexibility index (Phi) is 7.36. The van der Waals surface area contributed by atoms with E-state index in [2.05, 4.69) is 0 Å². The molecule has 1 unspecified atom stereocenters. The van der Waals surface area contributed by atoms with Crippen molar-refractivity contribution in [2.75, 3.05) is 6.61 Å². The van der Waals surface area contributed by atoms with E-state index in [1.54, 1.807) is 38.1 Å². The first kappa shape index (κ1) is 22.4. The first-order valence-corrected chi connectivity index (χ1v) is 10.7. The molecular formula is C23H23NO6S. The molecule has 7 nitrogen and oxygen atoms in total. The van der Waals surface area contributed by atoms with Gasteiger partial charge in [0.15, 0.2) is 17.6 Å². The SMILES string of the molecule is CCOc1cc(/C=C2/SC(=O)N(Cc3ccccc3)C2=O)ccc1OC(CC)C(=O)O.